The summed E-state index contributed by atoms with van der Waals surface area (Å²) in [6, 6.07) is 0. The smallest absolute Gasteiger partial charge is 0.249 e. The van der Waals surface area contributed by atoms with E-state index in [1.807, 2.05) is 6.92 Å². The summed E-state index contributed by atoms with van der Waals surface area (Å²) in [6.45, 7) is 10.2. The van der Waals surface area contributed by atoms with E-state index in [2.05, 4.69) is 24.1 Å². The van der Waals surface area contributed by atoms with Crippen molar-refractivity contribution in [1.29, 1.82) is 0 Å². The second-order valence-electron chi connectivity index (χ2n) is 5.52. The molecule has 0 saturated carbocycles. The van der Waals surface area contributed by atoms with Crippen LogP contribution >= 0.6 is 0 Å². The molecule has 2 rings (SSSR count). The molecule has 0 aromatic carbocycles. The van der Waals surface area contributed by atoms with Gasteiger partial charge in [0.05, 0.1) is 0 Å². The van der Waals surface area contributed by atoms with Crippen LogP contribution < -0.4 is 5.32 Å². The lowest BCUT2D eigenvalue weighted by molar-refractivity contribution is -0.126. The van der Waals surface area contributed by atoms with Crippen LogP contribution in [-0.4, -0.2) is 37.0 Å². The summed E-state index contributed by atoms with van der Waals surface area (Å²) >= 11 is 0. The molecule has 1 amide bonds. The Kier molecular flexibility index (Phi) is 3.57. The summed E-state index contributed by atoms with van der Waals surface area (Å²) in [5.41, 5.74) is 2.66. The highest BCUT2D eigenvalue weighted by Gasteiger charge is 2.37. The Morgan fingerprint density at radius 1 is 1.35 bits per heavy atom. The van der Waals surface area contributed by atoms with Crippen molar-refractivity contribution in [2.75, 3.05) is 26.2 Å². The van der Waals surface area contributed by atoms with E-state index in [9.17, 15) is 4.79 Å². The molecule has 0 atom stereocenters. The summed E-state index contributed by atoms with van der Waals surface area (Å²) in [7, 11) is 0. The second-order valence-corrected chi connectivity index (χ2v) is 5.52. The molecule has 2 heterocycles. The minimum absolute atomic E-state index is 0.269. The molecule has 0 aromatic heterocycles. The quantitative estimate of drug-likeness (QED) is 0.760. The second kappa shape index (κ2) is 4.81. The molecule has 1 N–H and O–H groups in total. The molecule has 0 radical (unpaired) electrons. The van der Waals surface area contributed by atoms with E-state index in [0.29, 0.717) is 5.41 Å². The number of carbonyl (C=O) groups is 1. The summed E-state index contributed by atoms with van der Waals surface area (Å²) < 4.78 is 0. The van der Waals surface area contributed by atoms with Crippen LogP contribution in [0, 0.1) is 5.41 Å². The van der Waals surface area contributed by atoms with E-state index in [1.54, 1.807) is 0 Å². The Bertz CT molecular complexity index is 336. The molecule has 2 saturated heterocycles. The van der Waals surface area contributed by atoms with Gasteiger partial charge in [0.25, 0.3) is 0 Å². The van der Waals surface area contributed by atoms with Gasteiger partial charge in [-0.15, -0.1) is 0 Å². The Morgan fingerprint density at radius 3 is 2.41 bits per heavy atom. The minimum Gasteiger partial charge on any atom is -0.338 e. The summed E-state index contributed by atoms with van der Waals surface area (Å²) in [6.07, 6.45) is 3.54. The van der Waals surface area contributed by atoms with Gasteiger partial charge in [-0.2, -0.15) is 0 Å². The Balaban J connectivity index is 2.03. The topological polar surface area (TPSA) is 32.3 Å². The van der Waals surface area contributed by atoms with E-state index in [1.165, 1.54) is 24.8 Å². The molecular weight excluding hydrogens is 212 g/mol. The molecule has 0 aromatic rings. The molecule has 0 spiro atoms. The van der Waals surface area contributed by atoms with E-state index < -0.39 is 0 Å². The fourth-order valence-corrected chi connectivity index (χ4v) is 2.84. The van der Waals surface area contributed by atoms with Crippen LogP contribution in [0.25, 0.3) is 0 Å². The molecular formula is C14H24N2O. The number of nitrogens with one attached hydrogen (secondary N) is 1. The molecule has 96 valence electrons. The van der Waals surface area contributed by atoms with Gasteiger partial charge in [-0.1, -0.05) is 13.8 Å². The number of rotatable bonds is 3. The first-order valence-electron chi connectivity index (χ1n) is 6.80. The molecule has 2 aliphatic rings. The molecule has 0 aliphatic carbocycles. The zero-order chi connectivity index (χ0) is 12.5. The van der Waals surface area contributed by atoms with Crippen molar-refractivity contribution < 1.29 is 4.79 Å². The van der Waals surface area contributed by atoms with Gasteiger partial charge in [-0.25, -0.2) is 0 Å². The first-order chi connectivity index (χ1) is 8.12. The number of hydrogen-bond acceptors (Lipinski definition) is 2. The molecule has 17 heavy (non-hydrogen) atoms. The number of likely N-dealkylation sites (tertiary alicyclic amines) is 1. The first-order valence-corrected chi connectivity index (χ1v) is 6.80. The third-order valence-electron chi connectivity index (χ3n) is 4.75. The maximum Gasteiger partial charge on any atom is 0.249 e. The Labute approximate surface area is 104 Å². The highest BCUT2D eigenvalue weighted by Crippen LogP contribution is 2.37. The lowest BCUT2D eigenvalue weighted by Crippen LogP contribution is -2.39. The first kappa shape index (κ1) is 12.6. The maximum atomic E-state index is 12.3. The Morgan fingerprint density at radius 2 is 2.00 bits per heavy atom. The highest BCUT2D eigenvalue weighted by molar-refractivity contribution is 5.94. The third-order valence-corrected chi connectivity index (χ3v) is 4.75. The molecule has 2 fully saturated rings. The van der Waals surface area contributed by atoms with E-state index in [-0.39, 0.29) is 5.91 Å². The van der Waals surface area contributed by atoms with Crippen LogP contribution in [0.2, 0.25) is 0 Å². The van der Waals surface area contributed by atoms with E-state index in [4.69, 9.17) is 0 Å². The third kappa shape index (κ3) is 2.25. The lowest BCUT2D eigenvalue weighted by atomic mass is 9.82. The number of nitrogens with zero attached hydrogens (tertiary/aromatic N) is 1. The van der Waals surface area contributed by atoms with Crippen molar-refractivity contribution in [2.24, 2.45) is 5.41 Å². The van der Waals surface area contributed by atoms with Crippen molar-refractivity contribution in [3.63, 3.8) is 0 Å². The molecule has 3 nitrogen and oxygen atoms in total. The number of hydrogen-bond donors (Lipinski definition) is 1. The minimum atomic E-state index is 0.269. The maximum absolute atomic E-state index is 12.3. The van der Waals surface area contributed by atoms with Crippen molar-refractivity contribution in [3.8, 4) is 0 Å². The fourth-order valence-electron chi connectivity index (χ4n) is 2.84. The monoisotopic (exact) mass is 236 g/mol. The normalized spacial score (nSPS) is 22.5. The van der Waals surface area contributed by atoms with Gasteiger partial charge in [0.15, 0.2) is 0 Å². The van der Waals surface area contributed by atoms with Gasteiger partial charge >= 0.3 is 0 Å². The average molecular weight is 236 g/mol. The average Bonchev–Trinajstić information content (AvgIpc) is 2.70. The Hall–Kier alpha value is -0.830. The lowest BCUT2D eigenvalue weighted by Gasteiger charge is -2.28. The fraction of sp³-hybridized carbons (Fsp3) is 0.786. The molecule has 0 unspecified atom stereocenters. The van der Waals surface area contributed by atoms with E-state index in [0.717, 1.165) is 31.8 Å². The summed E-state index contributed by atoms with van der Waals surface area (Å²) in [4.78, 5) is 14.4. The van der Waals surface area contributed by atoms with Crippen molar-refractivity contribution in [1.82, 2.24) is 10.2 Å². The molecule has 2 aliphatic heterocycles. The molecule has 3 heteroatoms. The van der Waals surface area contributed by atoms with Gasteiger partial charge in [-0.05, 0) is 37.2 Å². The van der Waals surface area contributed by atoms with Gasteiger partial charge in [0.1, 0.15) is 0 Å². The SMILES string of the molecule is CCC1(CC)CCN(C(=O)C(C)=C2CNC2)C1. The highest BCUT2D eigenvalue weighted by atomic mass is 16.2. The number of amides is 1. The van der Waals surface area contributed by atoms with Crippen LogP contribution in [0.4, 0.5) is 0 Å². The van der Waals surface area contributed by atoms with Gasteiger partial charge in [0, 0.05) is 31.8 Å². The van der Waals surface area contributed by atoms with Crippen LogP contribution in [0.5, 0.6) is 0 Å². The molecule has 0 bridgehead atoms. The van der Waals surface area contributed by atoms with Crippen LogP contribution in [0.15, 0.2) is 11.1 Å². The van der Waals surface area contributed by atoms with Gasteiger partial charge in [-0.3, -0.25) is 4.79 Å². The zero-order valence-electron chi connectivity index (χ0n) is 11.3. The van der Waals surface area contributed by atoms with Gasteiger partial charge < -0.3 is 10.2 Å². The van der Waals surface area contributed by atoms with E-state index >= 15 is 0 Å². The summed E-state index contributed by atoms with van der Waals surface area (Å²) in [5.74, 6) is 0.269. The van der Waals surface area contributed by atoms with Crippen molar-refractivity contribution in [3.05, 3.63) is 11.1 Å². The van der Waals surface area contributed by atoms with Crippen LogP contribution in [-0.2, 0) is 4.79 Å². The van der Waals surface area contributed by atoms with Crippen LogP contribution in [0.3, 0.4) is 0 Å². The zero-order valence-corrected chi connectivity index (χ0v) is 11.3. The van der Waals surface area contributed by atoms with Crippen molar-refractivity contribution in [2.45, 2.75) is 40.0 Å². The largest absolute Gasteiger partial charge is 0.338 e. The predicted octanol–water partition coefficient (Wildman–Crippen LogP) is 1.94. The predicted molar refractivity (Wildman–Crippen MR) is 69.8 cm³/mol. The standard InChI is InChI=1S/C14H24N2O/c1-4-14(5-2)6-7-16(10-14)13(17)11(3)12-8-15-9-12/h15H,4-10H2,1-3H3. The van der Waals surface area contributed by atoms with Crippen LogP contribution in [0.1, 0.15) is 40.0 Å². The summed E-state index contributed by atoms with van der Waals surface area (Å²) in [5, 5.41) is 3.20. The van der Waals surface area contributed by atoms with Gasteiger partial charge in [0.2, 0.25) is 5.91 Å². The number of carbonyl (C=O) groups excluding carboxylic acids is 1. The van der Waals surface area contributed by atoms with Crippen molar-refractivity contribution >= 4 is 5.91 Å².